The molecule has 4 aliphatic rings. The molecule has 3 aliphatic heterocycles. The number of aryl methyl sites for hydroxylation is 1. The van der Waals surface area contributed by atoms with E-state index in [4.69, 9.17) is 16.3 Å². The van der Waals surface area contributed by atoms with Gasteiger partial charge in [-0.1, -0.05) is 35.0 Å². The predicted molar refractivity (Wildman–Crippen MR) is 139 cm³/mol. The van der Waals surface area contributed by atoms with Crippen LogP contribution < -0.4 is 0 Å². The predicted octanol–water partition coefficient (Wildman–Crippen LogP) is 7.23. The molecule has 3 heterocycles. The van der Waals surface area contributed by atoms with Crippen LogP contribution in [0, 0.1) is 18.7 Å². The number of fused-ring (bicyclic) bond motifs is 1. The Morgan fingerprint density at radius 2 is 1.93 bits per heavy atom. The van der Waals surface area contributed by atoms with Gasteiger partial charge >= 0.3 is 12.4 Å². The molecule has 0 aromatic heterocycles. The van der Waals surface area contributed by atoms with Gasteiger partial charge in [0, 0.05) is 6.42 Å². The van der Waals surface area contributed by atoms with Crippen molar-refractivity contribution in [1.29, 1.82) is 0 Å². The van der Waals surface area contributed by atoms with Crippen molar-refractivity contribution in [1.82, 2.24) is 4.31 Å². The Hall–Kier alpha value is -1.45. The van der Waals surface area contributed by atoms with Crippen LogP contribution in [0.15, 0.2) is 39.3 Å². The lowest BCUT2D eigenvalue weighted by Gasteiger charge is -2.47. The Bertz CT molecular complexity index is 1360. The number of rotatable bonds is 5. The fourth-order valence-corrected chi connectivity index (χ4v) is 8.67. The summed E-state index contributed by atoms with van der Waals surface area (Å²) >= 11 is 6.26. The van der Waals surface area contributed by atoms with E-state index >= 15 is 0 Å². The fourth-order valence-electron chi connectivity index (χ4n) is 5.85. The molecule has 1 spiro atoms. The lowest BCUT2D eigenvalue weighted by molar-refractivity contribution is -0.159. The summed E-state index contributed by atoms with van der Waals surface area (Å²) in [5, 5.41) is -0.402. The molecule has 3 atom stereocenters. The summed E-state index contributed by atoms with van der Waals surface area (Å²) in [7, 11) is -3.88. The molecule has 1 aromatic rings. The first-order valence-corrected chi connectivity index (χ1v) is 15.1. The average molecular weight is 634 g/mol. The van der Waals surface area contributed by atoms with Crippen LogP contribution in [-0.4, -0.2) is 58.0 Å². The maximum atomic E-state index is 14.5. The third-order valence-corrected chi connectivity index (χ3v) is 11.2. The zero-order chi connectivity index (χ0) is 29.5. The number of hydrogen-bond acceptors (Lipinski definition) is 4. The largest absolute Gasteiger partial charge is 0.409 e. The molecule has 1 aliphatic carbocycles. The molecule has 0 bridgehead atoms. The highest BCUT2D eigenvalue weighted by atomic mass is 35.5. The molecule has 0 amide bonds. The topological polar surface area (TPSA) is 62.1 Å². The second-order valence-corrected chi connectivity index (χ2v) is 14.3. The van der Waals surface area contributed by atoms with Gasteiger partial charge in [0.15, 0.2) is 10.5 Å². The van der Waals surface area contributed by atoms with Crippen molar-refractivity contribution in [3.63, 3.8) is 0 Å². The molecule has 15 heteroatoms. The summed E-state index contributed by atoms with van der Waals surface area (Å²) in [6.07, 6.45) is -9.06. The van der Waals surface area contributed by atoms with E-state index in [0.29, 0.717) is 23.9 Å². The lowest BCUT2D eigenvalue weighted by Crippen LogP contribution is -2.66. The number of alkyl halides is 6. The van der Waals surface area contributed by atoms with E-state index in [0.717, 1.165) is 27.6 Å². The van der Waals surface area contributed by atoms with Crippen LogP contribution in [0.25, 0.3) is 0 Å². The zero-order valence-corrected chi connectivity index (χ0v) is 23.6. The van der Waals surface area contributed by atoms with Crippen molar-refractivity contribution in [3.05, 3.63) is 56.9 Å². The monoisotopic (exact) mass is 633 g/mol. The Kier molecular flexibility index (Phi) is 7.35. The van der Waals surface area contributed by atoms with Gasteiger partial charge in [0.25, 0.3) is 10.4 Å². The zero-order valence-electron chi connectivity index (χ0n) is 21.3. The smallest absolute Gasteiger partial charge is 0.363 e. The van der Waals surface area contributed by atoms with Gasteiger partial charge in [-0.2, -0.15) is 30.9 Å². The third-order valence-electron chi connectivity index (χ3n) is 7.86. The van der Waals surface area contributed by atoms with E-state index in [2.05, 4.69) is 4.40 Å². The van der Waals surface area contributed by atoms with Gasteiger partial charge in [0.1, 0.15) is 11.4 Å². The van der Waals surface area contributed by atoms with Crippen molar-refractivity contribution in [2.45, 2.75) is 55.8 Å². The highest BCUT2D eigenvalue weighted by molar-refractivity contribution is 7.99. The Balaban J connectivity index is 1.37. The second kappa shape index (κ2) is 9.80. The standard InChI is InChI=1S/C25H24ClF7N2O3S2/c1-13-5-15(19-9-23(39-34-19,25(31,32)33)17-6-14(2)21(27)18(26)8-17)7-16-10-38-22(20(13)16)11-35(12-22)40(36,37)4-3-24(28,29)30/h6-8,13H,3-5,9-12H2,1-2H3/p+1. The minimum absolute atomic E-state index is 0.00589. The van der Waals surface area contributed by atoms with Crippen molar-refractivity contribution in [2.24, 2.45) is 10.3 Å². The summed E-state index contributed by atoms with van der Waals surface area (Å²) in [5.74, 6) is -1.92. The summed E-state index contributed by atoms with van der Waals surface area (Å²) < 4.78 is 127. The van der Waals surface area contributed by atoms with Crippen LogP contribution in [0.1, 0.15) is 37.3 Å². The highest BCUT2D eigenvalue weighted by Crippen LogP contribution is 2.58. The molecule has 3 unspecified atom stereocenters. The average Bonchev–Trinajstić information content (AvgIpc) is 3.43. The molecule has 5 nitrogen and oxygen atoms in total. The van der Waals surface area contributed by atoms with E-state index in [-0.39, 0.29) is 42.5 Å². The van der Waals surface area contributed by atoms with Gasteiger partial charge in [-0.05, 0) is 69.3 Å². The summed E-state index contributed by atoms with van der Waals surface area (Å²) in [6, 6.07) is 2.13. The van der Waals surface area contributed by atoms with Crippen LogP contribution >= 0.6 is 23.5 Å². The van der Waals surface area contributed by atoms with Crippen LogP contribution in [-0.2, 0) is 24.1 Å². The maximum Gasteiger partial charge on any atom is 0.409 e. The lowest BCUT2D eigenvalue weighted by atomic mass is 9.73. The molecule has 0 saturated carbocycles. The van der Waals surface area contributed by atoms with Gasteiger partial charge in [0.2, 0.25) is 0 Å². The number of hydrogen-bond donors (Lipinski definition) is 1. The van der Waals surface area contributed by atoms with Gasteiger partial charge in [-0.25, -0.2) is 8.79 Å². The molecule has 1 saturated heterocycles. The van der Waals surface area contributed by atoms with Gasteiger partial charge in [-0.3, -0.25) is 0 Å². The van der Waals surface area contributed by atoms with Crippen LogP contribution in [0.5, 0.6) is 0 Å². The van der Waals surface area contributed by atoms with Crippen LogP contribution in [0.3, 0.4) is 0 Å². The van der Waals surface area contributed by atoms with Gasteiger partial charge < -0.3 is 4.74 Å². The normalized spacial score (nSPS) is 28.3. The first-order chi connectivity index (χ1) is 18.4. The first kappa shape index (κ1) is 30.0. The minimum atomic E-state index is -4.72. The number of halogens is 8. The van der Waals surface area contributed by atoms with E-state index < -0.39 is 62.5 Å². The molecule has 1 N–H and O–H groups in total. The molecule has 40 heavy (non-hydrogen) atoms. The van der Waals surface area contributed by atoms with E-state index in [9.17, 15) is 39.5 Å². The molecule has 220 valence electrons. The van der Waals surface area contributed by atoms with Crippen molar-refractivity contribution in [3.8, 4) is 0 Å². The Labute approximate surface area is 236 Å². The number of benzene rings is 1. The first-order valence-electron chi connectivity index (χ1n) is 12.3. The SMILES string of the molecule is Cc1cc(C2(C(F)(F)F)CC(C3=CC4=C(C(C)C3)C3(CN([S+](=O)(O)CCC(F)(F)F)C3)OC4)=NS2)cc(Cl)c1F. The fraction of sp³-hybridized carbons (Fsp3) is 0.560. The Morgan fingerprint density at radius 1 is 1.25 bits per heavy atom. The van der Waals surface area contributed by atoms with E-state index in [1.54, 1.807) is 6.08 Å². The third kappa shape index (κ3) is 5.06. The maximum absolute atomic E-state index is 14.5. The van der Waals surface area contributed by atoms with Crippen molar-refractivity contribution < 1.29 is 44.2 Å². The number of ether oxygens (including phenoxy) is 1. The Morgan fingerprint density at radius 3 is 2.52 bits per heavy atom. The molecule has 5 rings (SSSR count). The van der Waals surface area contributed by atoms with Crippen LogP contribution in [0.4, 0.5) is 30.7 Å². The second-order valence-electron chi connectivity index (χ2n) is 10.7. The van der Waals surface area contributed by atoms with E-state index in [1.165, 1.54) is 6.92 Å². The van der Waals surface area contributed by atoms with Gasteiger partial charge in [0.05, 0.1) is 36.9 Å². The van der Waals surface area contributed by atoms with Crippen molar-refractivity contribution in [2.75, 3.05) is 25.4 Å². The number of allylic oxidation sites excluding steroid dienone is 1. The molecular weight excluding hydrogens is 609 g/mol. The summed E-state index contributed by atoms with van der Waals surface area (Å²) in [5.41, 5.74) is 1.30. The van der Waals surface area contributed by atoms with Crippen LogP contribution in [0.2, 0.25) is 5.02 Å². The van der Waals surface area contributed by atoms with E-state index in [1.807, 2.05) is 6.92 Å². The van der Waals surface area contributed by atoms with Crippen molar-refractivity contribution >= 4 is 39.7 Å². The number of nitrogens with zero attached hydrogens (tertiary/aromatic N) is 2. The molecule has 1 fully saturated rings. The minimum Gasteiger partial charge on any atom is -0.363 e. The summed E-state index contributed by atoms with van der Waals surface area (Å²) in [4.78, 5) is 0. The molecule has 0 radical (unpaired) electrons. The highest BCUT2D eigenvalue weighted by Gasteiger charge is 2.62. The van der Waals surface area contributed by atoms with Gasteiger partial charge in [-0.15, -0.1) is 0 Å². The quantitative estimate of drug-likeness (QED) is 0.211. The molecular formula is C25H25ClF7N2O3S2+. The molecule has 1 aromatic carbocycles. The summed E-state index contributed by atoms with van der Waals surface area (Å²) in [6.45, 7) is 3.23.